The molecular weight excluding hydrogens is 324 g/mol. The Bertz CT molecular complexity index is 753. The molecule has 0 saturated heterocycles. The molecule has 1 atom stereocenters. The molecule has 130 valence electrons. The molecule has 1 aromatic heterocycles. The van der Waals surface area contributed by atoms with Gasteiger partial charge in [-0.05, 0) is 13.8 Å². The van der Waals surface area contributed by atoms with E-state index in [1.807, 2.05) is 0 Å². The first-order valence-electron chi connectivity index (χ1n) is 6.66. The highest BCUT2D eigenvalue weighted by molar-refractivity contribution is 5.90. The minimum atomic E-state index is -1.64. The first-order valence-corrected chi connectivity index (χ1v) is 6.66. The van der Waals surface area contributed by atoms with Gasteiger partial charge in [0, 0.05) is 12.1 Å². The number of pyridine rings is 1. The standard InChI is InChI=1S/C13H16N4O7/c1-13(2,12(22)15-8(11(20)21)5-9(14)18)16-6-7(17(23)24)3-4-10(16)19/h3-4,6,8H,5H2,1-2H3,(H2,14,18)(H,15,22)(H,20,21). The van der Waals surface area contributed by atoms with Gasteiger partial charge in [0.25, 0.3) is 11.2 Å². The minimum Gasteiger partial charge on any atom is -0.480 e. The van der Waals surface area contributed by atoms with E-state index in [0.717, 1.165) is 22.9 Å². The van der Waals surface area contributed by atoms with E-state index in [2.05, 4.69) is 5.32 Å². The molecule has 0 bridgehead atoms. The summed E-state index contributed by atoms with van der Waals surface area (Å²) in [6.45, 7) is 2.55. The molecule has 1 aromatic rings. The van der Waals surface area contributed by atoms with Crippen LogP contribution in [0.2, 0.25) is 0 Å². The maximum Gasteiger partial charge on any atom is 0.326 e. The Morgan fingerprint density at radius 3 is 2.46 bits per heavy atom. The van der Waals surface area contributed by atoms with E-state index in [0.29, 0.717) is 0 Å². The van der Waals surface area contributed by atoms with E-state index >= 15 is 0 Å². The predicted molar refractivity (Wildman–Crippen MR) is 80.1 cm³/mol. The largest absolute Gasteiger partial charge is 0.480 e. The van der Waals surface area contributed by atoms with E-state index in [1.165, 1.54) is 13.8 Å². The lowest BCUT2D eigenvalue weighted by Gasteiger charge is -2.27. The van der Waals surface area contributed by atoms with Crippen LogP contribution in [0.5, 0.6) is 0 Å². The molecule has 0 radical (unpaired) electrons. The topological polar surface area (TPSA) is 175 Å². The number of amides is 2. The summed E-state index contributed by atoms with van der Waals surface area (Å²) in [4.78, 5) is 56.3. The Morgan fingerprint density at radius 1 is 1.42 bits per heavy atom. The van der Waals surface area contributed by atoms with Crippen molar-refractivity contribution in [2.45, 2.75) is 31.8 Å². The molecule has 11 heteroatoms. The lowest BCUT2D eigenvalue weighted by Crippen LogP contribution is -2.53. The summed E-state index contributed by atoms with van der Waals surface area (Å²) in [5.41, 5.74) is 2.17. The van der Waals surface area contributed by atoms with Crippen molar-refractivity contribution >= 4 is 23.5 Å². The second-order valence-electron chi connectivity index (χ2n) is 5.45. The monoisotopic (exact) mass is 340 g/mol. The second kappa shape index (κ2) is 6.89. The first kappa shape index (κ1) is 18.8. The van der Waals surface area contributed by atoms with Crippen LogP contribution in [0.3, 0.4) is 0 Å². The molecule has 0 fully saturated rings. The van der Waals surface area contributed by atoms with Gasteiger partial charge >= 0.3 is 5.97 Å². The van der Waals surface area contributed by atoms with Crippen molar-refractivity contribution in [2.75, 3.05) is 0 Å². The Balaban J connectivity index is 3.19. The molecule has 1 rings (SSSR count). The fourth-order valence-electron chi connectivity index (χ4n) is 1.87. The molecule has 0 aliphatic carbocycles. The Morgan fingerprint density at radius 2 is 2.00 bits per heavy atom. The quantitative estimate of drug-likeness (QED) is 0.418. The van der Waals surface area contributed by atoms with Crippen LogP contribution in [0.1, 0.15) is 20.3 Å². The SMILES string of the molecule is CC(C)(C(=O)NC(CC(N)=O)C(=O)O)n1cc([N+](=O)[O-])ccc1=O. The van der Waals surface area contributed by atoms with Crippen molar-refractivity contribution in [1.29, 1.82) is 0 Å². The zero-order valence-electron chi connectivity index (χ0n) is 12.9. The molecule has 24 heavy (non-hydrogen) atoms. The van der Waals surface area contributed by atoms with Gasteiger partial charge in [-0.15, -0.1) is 0 Å². The summed E-state index contributed by atoms with van der Waals surface area (Å²) in [6, 6.07) is 0.328. The van der Waals surface area contributed by atoms with E-state index < -0.39 is 52.0 Å². The Labute approximate surface area is 135 Å². The number of nitrogens with zero attached hydrogens (tertiary/aromatic N) is 2. The average molecular weight is 340 g/mol. The van der Waals surface area contributed by atoms with Gasteiger partial charge in [-0.2, -0.15) is 0 Å². The van der Waals surface area contributed by atoms with E-state index in [9.17, 15) is 29.3 Å². The minimum absolute atomic E-state index is 0.414. The van der Waals surface area contributed by atoms with Crippen LogP contribution in [0.25, 0.3) is 0 Å². The average Bonchev–Trinajstić information content (AvgIpc) is 2.45. The van der Waals surface area contributed by atoms with Gasteiger partial charge in [-0.3, -0.25) is 29.1 Å². The molecule has 4 N–H and O–H groups in total. The van der Waals surface area contributed by atoms with Crippen LogP contribution >= 0.6 is 0 Å². The Kier molecular flexibility index (Phi) is 5.40. The number of nitro groups is 1. The van der Waals surface area contributed by atoms with E-state index in [-0.39, 0.29) is 0 Å². The van der Waals surface area contributed by atoms with Crippen molar-refractivity contribution in [1.82, 2.24) is 9.88 Å². The van der Waals surface area contributed by atoms with Crippen molar-refractivity contribution in [3.8, 4) is 0 Å². The number of carboxylic acids is 1. The van der Waals surface area contributed by atoms with Crippen LogP contribution in [0.15, 0.2) is 23.1 Å². The summed E-state index contributed by atoms with van der Waals surface area (Å²) in [6.07, 6.45) is 0.243. The molecular formula is C13H16N4O7. The van der Waals surface area contributed by atoms with Gasteiger partial charge in [-0.1, -0.05) is 0 Å². The molecule has 0 spiro atoms. The Hall–Kier alpha value is -3.24. The van der Waals surface area contributed by atoms with Gasteiger partial charge < -0.3 is 16.2 Å². The second-order valence-corrected chi connectivity index (χ2v) is 5.45. The van der Waals surface area contributed by atoms with Gasteiger partial charge in [-0.25, -0.2) is 4.79 Å². The zero-order chi connectivity index (χ0) is 18.7. The fourth-order valence-corrected chi connectivity index (χ4v) is 1.87. The highest BCUT2D eigenvalue weighted by Gasteiger charge is 2.35. The molecule has 2 amide bonds. The van der Waals surface area contributed by atoms with Crippen LogP contribution in [0, 0.1) is 10.1 Å². The molecule has 11 nitrogen and oxygen atoms in total. The van der Waals surface area contributed by atoms with Gasteiger partial charge in [0.2, 0.25) is 11.8 Å². The number of primary amides is 1. The van der Waals surface area contributed by atoms with Gasteiger partial charge in [0.1, 0.15) is 11.6 Å². The molecule has 1 unspecified atom stereocenters. The lowest BCUT2D eigenvalue weighted by atomic mass is 10.0. The number of rotatable bonds is 7. The fraction of sp³-hybridized carbons (Fsp3) is 0.385. The van der Waals surface area contributed by atoms with Crippen LogP contribution < -0.4 is 16.6 Å². The smallest absolute Gasteiger partial charge is 0.326 e. The highest BCUT2D eigenvalue weighted by Crippen LogP contribution is 2.17. The van der Waals surface area contributed by atoms with Gasteiger partial charge in [0.05, 0.1) is 17.5 Å². The van der Waals surface area contributed by atoms with E-state index in [1.54, 1.807) is 0 Å². The molecule has 0 saturated carbocycles. The third-order valence-corrected chi connectivity index (χ3v) is 3.27. The molecule has 1 heterocycles. The van der Waals surface area contributed by atoms with Crippen molar-refractivity contribution in [3.63, 3.8) is 0 Å². The number of carboxylic acid groups (broad SMARTS) is 1. The summed E-state index contributed by atoms with van der Waals surface area (Å²) in [5, 5.41) is 21.9. The van der Waals surface area contributed by atoms with Crippen molar-refractivity contribution < 1.29 is 24.4 Å². The number of nitrogens with two attached hydrogens (primary N) is 1. The predicted octanol–water partition coefficient (Wildman–Crippen LogP) is -1.06. The zero-order valence-corrected chi connectivity index (χ0v) is 12.9. The number of hydrogen-bond donors (Lipinski definition) is 3. The third-order valence-electron chi connectivity index (χ3n) is 3.27. The summed E-state index contributed by atoms with van der Waals surface area (Å²) in [5.74, 6) is -3.34. The maximum atomic E-state index is 12.3. The third kappa shape index (κ3) is 4.15. The lowest BCUT2D eigenvalue weighted by molar-refractivity contribution is -0.385. The number of nitrogens with one attached hydrogen (secondary N) is 1. The van der Waals surface area contributed by atoms with Gasteiger partial charge in [0.15, 0.2) is 0 Å². The summed E-state index contributed by atoms with van der Waals surface area (Å²) < 4.78 is 0.809. The van der Waals surface area contributed by atoms with Crippen molar-refractivity contribution in [3.05, 3.63) is 38.8 Å². The number of aromatic nitrogens is 1. The van der Waals surface area contributed by atoms with Crippen molar-refractivity contribution in [2.24, 2.45) is 5.73 Å². The van der Waals surface area contributed by atoms with Crippen LogP contribution in [-0.2, 0) is 19.9 Å². The first-order chi connectivity index (χ1) is 11.0. The molecule has 0 aliphatic rings. The number of carbonyl (C=O) groups excluding carboxylic acids is 2. The number of hydrogen-bond acceptors (Lipinski definition) is 6. The van der Waals surface area contributed by atoms with E-state index in [4.69, 9.17) is 10.8 Å². The summed E-state index contributed by atoms with van der Waals surface area (Å²) in [7, 11) is 0. The molecule has 0 aliphatic heterocycles. The highest BCUT2D eigenvalue weighted by atomic mass is 16.6. The maximum absolute atomic E-state index is 12.3. The normalized spacial score (nSPS) is 12.2. The van der Waals surface area contributed by atoms with Crippen LogP contribution in [0.4, 0.5) is 5.69 Å². The van der Waals surface area contributed by atoms with Crippen LogP contribution in [-0.4, -0.2) is 38.4 Å². The molecule has 0 aromatic carbocycles. The number of carbonyl (C=O) groups is 3. The summed E-state index contributed by atoms with van der Waals surface area (Å²) >= 11 is 0. The number of aliphatic carboxylic acids is 1.